The van der Waals surface area contributed by atoms with Crippen molar-refractivity contribution >= 4 is 0 Å². The van der Waals surface area contributed by atoms with E-state index in [9.17, 15) is 0 Å². The molecule has 1 nitrogen and oxygen atoms in total. The van der Waals surface area contributed by atoms with Crippen molar-refractivity contribution in [1.29, 1.82) is 0 Å². The van der Waals surface area contributed by atoms with Gasteiger partial charge in [0.05, 0.1) is 0 Å². The maximum absolute atomic E-state index is 2.67. The van der Waals surface area contributed by atoms with Crippen molar-refractivity contribution in [2.24, 2.45) is 5.41 Å². The lowest BCUT2D eigenvalue weighted by molar-refractivity contribution is 0.0168. The van der Waals surface area contributed by atoms with Crippen LogP contribution in [0.1, 0.15) is 54.4 Å². The highest BCUT2D eigenvalue weighted by molar-refractivity contribution is 4.96. The van der Waals surface area contributed by atoms with Gasteiger partial charge >= 0.3 is 0 Å². The van der Waals surface area contributed by atoms with Crippen molar-refractivity contribution in [3.8, 4) is 0 Å². The average molecular weight is 183 g/mol. The minimum Gasteiger partial charge on any atom is -0.295 e. The fourth-order valence-corrected chi connectivity index (χ4v) is 2.19. The van der Waals surface area contributed by atoms with Crippen molar-refractivity contribution in [2.75, 3.05) is 6.54 Å². The minimum absolute atomic E-state index is 0.322. The predicted octanol–water partition coefficient (Wildman–Crippen LogP) is 3.30. The molecule has 1 rings (SSSR count). The molecule has 0 radical (unpaired) electrons. The van der Waals surface area contributed by atoms with Gasteiger partial charge in [-0.15, -0.1) is 0 Å². The fourth-order valence-electron chi connectivity index (χ4n) is 2.19. The van der Waals surface area contributed by atoms with Gasteiger partial charge in [-0.05, 0) is 45.6 Å². The van der Waals surface area contributed by atoms with Gasteiger partial charge in [0.25, 0.3) is 0 Å². The quantitative estimate of drug-likeness (QED) is 0.603. The molecule has 0 amide bonds. The van der Waals surface area contributed by atoms with Gasteiger partial charge < -0.3 is 0 Å². The Morgan fingerprint density at radius 2 is 1.62 bits per heavy atom. The van der Waals surface area contributed by atoms with E-state index in [1.165, 1.54) is 19.4 Å². The summed E-state index contributed by atoms with van der Waals surface area (Å²) in [4.78, 5) is 2.67. The molecule has 1 heterocycles. The van der Waals surface area contributed by atoms with Gasteiger partial charge in [-0.25, -0.2) is 0 Å². The number of likely N-dealkylation sites (tertiary alicyclic amines) is 1. The summed E-state index contributed by atoms with van der Waals surface area (Å²) in [5.41, 5.74) is 0.689. The van der Waals surface area contributed by atoms with Gasteiger partial charge in [-0.3, -0.25) is 4.90 Å². The van der Waals surface area contributed by atoms with Crippen LogP contribution in [0.2, 0.25) is 0 Å². The van der Waals surface area contributed by atoms with Crippen molar-refractivity contribution in [2.45, 2.75) is 66.0 Å². The van der Waals surface area contributed by atoms with E-state index in [0.717, 1.165) is 6.04 Å². The third-order valence-corrected chi connectivity index (χ3v) is 4.11. The first-order valence-corrected chi connectivity index (χ1v) is 5.53. The molecule has 0 bridgehead atoms. The zero-order valence-corrected chi connectivity index (χ0v) is 10.1. The number of hydrogen-bond acceptors (Lipinski definition) is 1. The molecule has 0 aliphatic carbocycles. The van der Waals surface area contributed by atoms with Crippen LogP contribution in [0.4, 0.5) is 0 Å². The molecule has 1 aliphatic rings. The second kappa shape index (κ2) is 3.27. The van der Waals surface area contributed by atoms with Crippen LogP contribution in [0.5, 0.6) is 0 Å². The van der Waals surface area contributed by atoms with Crippen molar-refractivity contribution in [3.63, 3.8) is 0 Å². The molecule has 78 valence electrons. The molecular weight excluding hydrogens is 158 g/mol. The monoisotopic (exact) mass is 183 g/mol. The van der Waals surface area contributed by atoms with Crippen LogP contribution in [0, 0.1) is 5.41 Å². The summed E-state index contributed by atoms with van der Waals surface area (Å²) in [7, 11) is 0. The molecule has 0 aromatic heterocycles. The smallest absolute Gasteiger partial charge is 0.0204 e. The number of rotatable bonds is 1. The van der Waals surface area contributed by atoms with Gasteiger partial charge in [0.2, 0.25) is 0 Å². The van der Waals surface area contributed by atoms with Crippen LogP contribution in [0.25, 0.3) is 0 Å². The molecule has 0 N–H and O–H groups in total. The Kier molecular flexibility index (Phi) is 2.78. The van der Waals surface area contributed by atoms with Crippen LogP contribution >= 0.6 is 0 Å². The highest BCUT2D eigenvalue weighted by atomic mass is 15.2. The Labute approximate surface area is 83.5 Å². The molecule has 0 spiro atoms. The van der Waals surface area contributed by atoms with E-state index >= 15 is 0 Å². The SMILES string of the molecule is CC1CCCN1C(C)(C)C(C)(C)C. The van der Waals surface area contributed by atoms with Crippen LogP contribution in [0.15, 0.2) is 0 Å². The second-order valence-corrected chi connectivity index (χ2v) is 5.99. The molecule has 1 aliphatic heterocycles. The summed E-state index contributed by atoms with van der Waals surface area (Å²) in [6.45, 7) is 15.4. The summed E-state index contributed by atoms with van der Waals surface area (Å²) < 4.78 is 0. The van der Waals surface area contributed by atoms with Crippen LogP contribution in [-0.2, 0) is 0 Å². The Balaban J connectivity index is 2.80. The summed E-state index contributed by atoms with van der Waals surface area (Å²) >= 11 is 0. The summed E-state index contributed by atoms with van der Waals surface area (Å²) in [5, 5.41) is 0. The van der Waals surface area contributed by atoms with Crippen molar-refractivity contribution < 1.29 is 0 Å². The van der Waals surface area contributed by atoms with E-state index in [-0.39, 0.29) is 0 Å². The minimum atomic E-state index is 0.322. The van der Waals surface area contributed by atoms with E-state index in [4.69, 9.17) is 0 Å². The predicted molar refractivity (Wildman–Crippen MR) is 58.9 cm³/mol. The van der Waals surface area contributed by atoms with Crippen molar-refractivity contribution in [1.82, 2.24) is 4.90 Å². The first-order valence-electron chi connectivity index (χ1n) is 5.53. The molecule has 0 aromatic carbocycles. The highest BCUT2D eigenvalue weighted by Gasteiger charge is 2.41. The molecule has 1 saturated heterocycles. The van der Waals surface area contributed by atoms with Crippen molar-refractivity contribution in [3.05, 3.63) is 0 Å². The van der Waals surface area contributed by atoms with Crippen LogP contribution in [0.3, 0.4) is 0 Å². The Morgan fingerprint density at radius 1 is 1.08 bits per heavy atom. The second-order valence-electron chi connectivity index (χ2n) is 5.99. The largest absolute Gasteiger partial charge is 0.295 e. The van der Waals surface area contributed by atoms with Gasteiger partial charge in [0.15, 0.2) is 0 Å². The first kappa shape index (κ1) is 11.0. The summed E-state index contributed by atoms with van der Waals surface area (Å²) in [6, 6.07) is 0.772. The Bertz CT molecular complexity index is 176. The Morgan fingerprint density at radius 3 is 1.92 bits per heavy atom. The lowest BCUT2D eigenvalue weighted by atomic mass is 9.75. The molecule has 0 aromatic rings. The summed E-state index contributed by atoms with van der Waals surface area (Å²) in [5.74, 6) is 0. The number of nitrogens with zero attached hydrogens (tertiary/aromatic N) is 1. The molecular formula is C12H25N. The van der Waals surface area contributed by atoms with Gasteiger partial charge in [-0.1, -0.05) is 20.8 Å². The Hall–Kier alpha value is -0.0400. The third kappa shape index (κ3) is 1.90. The molecule has 1 fully saturated rings. The van der Waals surface area contributed by atoms with Gasteiger partial charge in [0, 0.05) is 11.6 Å². The molecule has 1 atom stereocenters. The highest BCUT2D eigenvalue weighted by Crippen LogP contribution is 2.39. The molecule has 1 heteroatoms. The third-order valence-electron chi connectivity index (χ3n) is 4.11. The van der Waals surface area contributed by atoms with E-state index in [1.807, 2.05) is 0 Å². The van der Waals surface area contributed by atoms with E-state index in [0.29, 0.717) is 11.0 Å². The topological polar surface area (TPSA) is 3.24 Å². The fraction of sp³-hybridized carbons (Fsp3) is 1.00. The van der Waals surface area contributed by atoms with Crippen LogP contribution in [-0.4, -0.2) is 23.0 Å². The van der Waals surface area contributed by atoms with Crippen LogP contribution < -0.4 is 0 Å². The van der Waals surface area contributed by atoms with E-state index in [2.05, 4.69) is 46.4 Å². The zero-order chi connectivity index (χ0) is 10.3. The lowest BCUT2D eigenvalue weighted by Crippen LogP contribution is -2.53. The van der Waals surface area contributed by atoms with Gasteiger partial charge in [0.1, 0.15) is 0 Å². The molecule has 13 heavy (non-hydrogen) atoms. The van der Waals surface area contributed by atoms with E-state index < -0.39 is 0 Å². The normalized spacial score (nSPS) is 26.8. The standard InChI is InChI=1S/C12H25N/c1-10-8-7-9-13(10)12(5,6)11(2,3)4/h10H,7-9H2,1-6H3. The number of hydrogen-bond donors (Lipinski definition) is 0. The maximum atomic E-state index is 2.67. The average Bonchev–Trinajstić information content (AvgIpc) is 2.32. The van der Waals surface area contributed by atoms with E-state index in [1.54, 1.807) is 0 Å². The lowest BCUT2D eigenvalue weighted by Gasteiger charge is -2.48. The molecule has 1 unspecified atom stereocenters. The summed E-state index contributed by atoms with van der Waals surface area (Å²) in [6.07, 6.45) is 2.75. The van der Waals surface area contributed by atoms with Gasteiger partial charge in [-0.2, -0.15) is 0 Å². The maximum Gasteiger partial charge on any atom is 0.0204 e. The molecule has 0 saturated carbocycles. The first-order chi connectivity index (χ1) is 5.77. The zero-order valence-electron chi connectivity index (χ0n) is 10.1.